The van der Waals surface area contributed by atoms with E-state index in [1.54, 1.807) is 12.1 Å². The van der Waals surface area contributed by atoms with Crippen LogP contribution in [0, 0.1) is 10.1 Å². The molecule has 6 nitrogen and oxygen atoms in total. The highest BCUT2D eigenvalue weighted by atomic mass is 32.2. The number of anilines is 1. The molecule has 0 aliphatic rings. The van der Waals surface area contributed by atoms with E-state index in [0.29, 0.717) is 0 Å². The summed E-state index contributed by atoms with van der Waals surface area (Å²) in [5.41, 5.74) is 0.0841. The minimum Gasteiger partial charge on any atom is -0.373 e. The van der Waals surface area contributed by atoms with E-state index in [-0.39, 0.29) is 11.6 Å². The molecule has 0 saturated heterocycles. The van der Waals surface area contributed by atoms with Gasteiger partial charge < -0.3 is 5.32 Å². The molecule has 21 heavy (non-hydrogen) atoms. The molecule has 110 valence electrons. The number of rotatable bonds is 5. The third-order valence-electron chi connectivity index (χ3n) is 2.76. The fraction of sp³-hybridized carbons (Fsp3) is 0.286. The lowest BCUT2D eigenvalue weighted by atomic mass is 10.2. The van der Waals surface area contributed by atoms with Crippen molar-refractivity contribution in [3.8, 4) is 0 Å². The number of nitro groups is 1. The summed E-state index contributed by atoms with van der Waals surface area (Å²) in [5.74, 6) is 1.76. The Morgan fingerprint density at radius 1 is 1.24 bits per heavy atom. The first-order valence-corrected chi connectivity index (χ1v) is 7.30. The van der Waals surface area contributed by atoms with E-state index in [1.807, 2.05) is 27.0 Å². The Labute approximate surface area is 127 Å². The van der Waals surface area contributed by atoms with E-state index in [9.17, 15) is 10.1 Å². The van der Waals surface area contributed by atoms with Crippen molar-refractivity contribution in [1.82, 2.24) is 9.97 Å². The lowest BCUT2D eigenvalue weighted by molar-refractivity contribution is -0.384. The van der Waals surface area contributed by atoms with Crippen LogP contribution in [-0.4, -0.2) is 21.9 Å². The lowest BCUT2D eigenvalue weighted by Crippen LogP contribution is -2.02. The molecular formula is C14H16N4O2S. The molecule has 1 N–H and O–H groups in total. The number of hydrogen-bond acceptors (Lipinski definition) is 6. The minimum atomic E-state index is -0.408. The van der Waals surface area contributed by atoms with Crippen LogP contribution in [0.1, 0.15) is 25.6 Å². The standard InChI is InChI=1S/C14H16N4O2S/c1-9(2)14-16-12(15-3)8-13(17-14)21-11-6-4-10(5-7-11)18(19)20/h4-9H,1-3H3,(H,15,16,17). The highest BCUT2D eigenvalue weighted by Crippen LogP contribution is 2.29. The van der Waals surface area contributed by atoms with Gasteiger partial charge in [-0.1, -0.05) is 25.6 Å². The molecule has 2 rings (SSSR count). The van der Waals surface area contributed by atoms with Crippen molar-refractivity contribution in [2.75, 3.05) is 12.4 Å². The van der Waals surface area contributed by atoms with E-state index in [4.69, 9.17) is 0 Å². The molecule has 0 amide bonds. The van der Waals surface area contributed by atoms with Gasteiger partial charge in [0.25, 0.3) is 5.69 Å². The quantitative estimate of drug-likeness (QED) is 0.515. The molecule has 7 heteroatoms. The van der Waals surface area contributed by atoms with Gasteiger partial charge in [-0.05, 0) is 12.1 Å². The molecule has 0 atom stereocenters. The maximum atomic E-state index is 10.6. The molecule has 0 fully saturated rings. The average Bonchev–Trinajstić information content (AvgIpc) is 2.47. The van der Waals surface area contributed by atoms with Gasteiger partial charge in [-0.25, -0.2) is 9.97 Å². The van der Waals surface area contributed by atoms with E-state index in [1.165, 1.54) is 23.9 Å². The van der Waals surface area contributed by atoms with Crippen molar-refractivity contribution in [1.29, 1.82) is 0 Å². The molecule has 0 radical (unpaired) electrons. The van der Waals surface area contributed by atoms with Crippen molar-refractivity contribution in [3.63, 3.8) is 0 Å². The second-order valence-corrected chi connectivity index (χ2v) is 5.80. The summed E-state index contributed by atoms with van der Waals surface area (Å²) in [6, 6.07) is 8.29. The fourth-order valence-electron chi connectivity index (χ4n) is 1.64. The maximum absolute atomic E-state index is 10.6. The number of nitrogens with one attached hydrogen (secondary N) is 1. The van der Waals surface area contributed by atoms with Crippen molar-refractivity contribution >= 4 is 23.3 Å². The Morgan fingerprint density at radius 2 is 1.90 bits per heavy atom. The van der Waals surface area contributed by atoms with Crippen molar-refractivity contribution in [3.05, 3.63) is 46.3 Å². The molecule has 0 spiro atoms. The zero-order chi connectivity index (χ0) is 15.4. The molecule has 1 aromatic carbocycles. The monoisotopic (exact) mass is 304 g/mol. The lowest BCUT2D eigenvalue weighted by Gasteiger charge is -2.09. The second kappa shape index (κ2) is 6.53. The predicted octanol–water partition coefficient (Wildman–Crippen LogP) is 3.70. The molecule has 0 unspecified atom stereocenters. The molecule has 1 heterocycles. The van der Waals surface area contributed by atoms with Gasteiger partial charge >= 0.3 is 0 Å². The summed E-state index contributed by atoms with van der Waals surface area (Å²) in [5, 5.41) is 14.5. The van der Waals surface area contributed by atoms with Gasteiger partial charge in [0.2, 0.25) is 0 Å². The highest BCUT2D eigenvalue weighted by molar-refractivity contribution is 7.99. The van der Waals surface area contributed by atoms with Crippen molar-refractivity contribution < 1.29 is 4.92 Å². The summed E-state index contributed by atoms with van der Waals surface area (Å²) in [4.78, 5) is 20.1. The van der Waals surface area contributed by atoms with Gasteiger partial charge in [-0.2, -0.15) is 0 Å². The summed E-state index contributed by atoms with van der Waals surface area (Å²) >= 11 is 1.46. The third kappa shape index (κ3) is 3.91. The first-order valence-electron chi connectivity index (χ1n) is 6.48. The van der Waals surface area contributed by atoms with Crippen LogP contribution in [0.25, 0.3) is 0 Å². The van der Waals surface area contributed by atoms with Crippen LogP contribution in [0.3, 0.4) is 0 Å². The van der Waals surface area contributed by atoms with Crippen LogP contribution in [0.2, 0.25) is 0 Å². The normalized spacial score (nSPS) is 10.7. The SMILES string of the molecule is CNc1cc(Sc2ccc([N+](=O)[O-])cc2)nc(C(C)C)n1. The Bertz CT molecular complexity index is 644. The van der Waals surface area contributed by atoms with Gasteiger partial charge in [0.05, 0.1) is 4.92 Å². The molecule has 0 saturated carbocycles. The number of benzene rings is 1. The molecule has 0 aliphatic heterocycles. The number of nitrogens with zero attached hydrogens (tertiary/aromatic N) is 3. The Morgan fingerprint density at radius 3 is 2.43 bits per heavy atom. The summed E-state index contributed by atoms with van der Waals surface area (Å²) in [6.45, 7) is 4.07. The van der Waals surface area contributed by atoms with E-state index in [0.717, 1.165) is 21.6 Å². The minimum absolute atomic E-state index is 0.0841. The van der Waals surface area contributed by atoms with E-state index >= 15 is 0 Å². The van der Waals surface area contributed by atoms with Gasteiger partial charge in [-0.15, -0.1) is 0 Å². The van der Waals surface area contributed by atoms with Crippen molar-refractivity contribution in [2.24, 2.45) is 0 Å². The van der Waals surface area contributed by atoms with Crippen LogP contribution >= 0.6 is 11.8 Å². The average molecular weight is 304 g/mol. The van der Waals surface area contributed by atoms with Gasteiger partial charge in [0.1, 0.15) is 16.7 Å². The molecular weight excluding hydrogens is 288 g/mol. The Kier molecular flexibility index (Phi) is 4.74. The van der Waals surface area contributed by atoms with Gasteiger partial charge in [0.15, 0.2) is 0 Å². The van der Waals surface area contributed by atoms with Crippen LogP contribution in [-0.2, 0) is 0 Å². The first kappa shape index (κ1) is 15.2. The fourth-order valence-corrected chi connectivity index (χ4v) is 2.46. The highest BCUT2D eigenvalue weighted by Gasteiger charge is 2.10. The van der Waals surface area contributed by atoms with Crippen LogP contribution < -0.4 is 5.32 Å². The van der Waals surface area contributed by atoms with E-state index in [2.05, 4.69) is 15.3 Å². The van der Waals surface area contributed by atoms with Crippen LogP contribution in [0.4, 0.5) is 11.5 Å². The molecule has 0 bridgehead atoms. The third-order valence-corrected chi connectivity index (χ3v) is 3.69. The summed E-state index contributed by atoms with van der Waals surface area (Å²) in [7, 11) is 1.81. The molecule has 0 aliphatic carbocycles. The second-order valence-electron chi connectivity index (χ2n) is 4.71. The Balaban J connectivity index is 2.25. The number of non-ortho nitro benzene ring substituents is 1. The molecule has 2 aromatic rings. The van der Waals surface area contributed by atoms with Gasteiger partial charge in [0, 0.05) is 36.1 Å². The molecule has 1 aromatic heterocycles. The van der Waals surface area contributed by atoms with Gasteiger partial charge in [-0.3, -0.25) is 10.1 Å². The van der Waals surface area contributed by atoms with Crippen LogP contribution in [0.15, 0.2) is 40.3 Å². The number of hydrogen-bond donors (Lipinski definition) is 1. The zero-order valence-electron chi connectivity index (χ0n) is 12.0. The summed E-state index contributed by atoms with van der Waals surface area (Å²) in [6.07, 6.45) is 0. The van der Waals surface area contributed by atoms with E-state index < -0.39 is 4.92 Å². The summed E-state index contributed by atoms with van der Waals surface area (Å²) < 4.78 is 0. The first-order chi connectivity index (χ1) is 9.99. The number of nitro benzene ring substituents is 1. The zero-order valence-corrected chi connectivity index (χ0v) is 12.8. The maximum Gasteiger partial charge on any atom is 0.269 e. The van der Waals surface area contributed by atoms with Crippen molar-refractivity contribution in [2.45, 2.75) is 29.7 Å². The Hall–Kier alpha value is -2.15. The number of aromatic nitrogens is 2. The topological polar surface area (TPSA) is 81.0 Å². The smallest absolute Gasteiger partial charge is 0.269 e. The van der Waals surface area contributed by atoms with Crippen LogP contribution in [0.5, 0.6) is 0 Å². The largest absolute Gasteiger partial charge is 0.373 e. The predicted molar refractivity (Wildman–Crippen MR) is 82.9 cm³/mol.